The van der Waals surface area contributed by atoms with Crippen molar-refractivity contribution in [3.05, 3.63) is 0 Å². The number of primary amides is 1. The number of carbonyl (C=O) groups excluding carboxylic acids is 2. The van der Waals surface area contributed by atoms with Crippen molar-refractivity contribution in [2.45, 2.75) is 44.7 Å². The molecular weight excluding hydrogens is 194 g/mol. The Balaban J connectivity index is 2.71. The lowest BCUT2D eigenvalue weighted by molar-refractivity contribution is -0.142. The number of amides is 2. The van der Waals surface area contributed by atoms with Gasteiger partial charge in [0.2, 0.25) is 11.8 Å². The number of hydrogen-bond acceptors (Lipinski definition) is 3. The highest BCUT2D eigenvalue weighted by molar-refractivity contribution is 5.89. The van der Waals surface area contributed by atoms with E-state index < -0.39 is 18.0 Å². The molecule has 5 heteroatoms. The molecule has 1 saturated heterocycles. The molecule has 0 bridgehead atoms. The van der Waals surface area contributed by atoms with E-state index >= 15 is 0 Å². The molecule has 5 nitrogen and oxygen atoms in total. The molecule has 86 valence electrons. The number of carbonyl (C=O) groups is 2. The average Bonchev–Trinajstić information content (AvgIpc) is 2.27. The van der Waals surface area contributed by atoms with E-state index in [0.29, 0.717) is 19.4 Å². The summed E-state index contributed by atoms with van der Waals surface area (Å²) >= 11 is 0. The number of nitrogens with zero attached hydrogens (tertiary/aromatic N) is 1. The van der Waals surface area contributed by atoms with Gasteiger partial charge in [0.05, 0.1) is 6.04 Å². The smallest absolute Gasteiger partial charge is 0.240 e. The summed E-state index contributed by atoms with van der Waals surface area (Å²) in [4.78, 5) is 24.5. The topological polar surface area (TPSA) is 89.4 Å². The number of piperidine rings is 1. The standard InChI is InChI=1S/C10H19N3O2/c1-2-7(11)10(15)13-6-4-3-5-8(13)9(12)14/h7-8H,2-6,11H2,1H3,(H2,12,14)/t7-,8?/m0/s1. The Labute approximate surface area is 89.8 Å². The molecule has 0 spiro atoms. The largest absolute Gasteiger partial charge is 0.368 e. The van der Waals surface area contributed by atoms with Crippen LogP contribution in [0.5, 0.6) is 0 Å². The summed E-state index contributed by atoms with van der Waals surface area (Å²) in [6.45, 7) is 2.45. The van der Waals surface area contributed by atoms with E-state index in [0.717, 1.165) is 12.8 Å². The number of rotatable bonds is 3. The fourth-order valence-corrected chi connectivity index (χ4v) is 1.88. The zero-order chi connectivity index (χ0) is 11.4. The molecule has 2 atom stereocenters. The quantitative estimate of drug-likeness (QED) is 0.668. The summed E-state index contributed by atoms with van der Waals surface area (Å²) in [7, 11) is 0. The van der Waals surface area contributed by atoms with Gasteiger partial charge in [-0.2, -0.15) is 0 Å². The van der Waals surface area contributed by atoms with Crippen LogP contribution in [0.15, 0.2) is 0 Å². The van der Waals surface area contributed by atoms with Crippen molar-refractivity contribution in [1.29, 1.82) is 0 Å². The maximum absolute atomic E-state index is 11.8. The van der Waals surface area contributed by atoms with Gasteiger partial charge >= 0.3 is 0 Å². The number of hydrogen-bond donors (Lipinski definition) is 2. The first kappa shape index (κ1) is 12.0. The van der Waals surface area contributed by atoms with Crippen LogP contribution in [0, 0.1) is 0 Å². The summed E-state index contributed by atoms with van der Waals surface area (Å²) < 4.78 is 0. The third kappa shape index (κ3) is 2.68. The second-order valence-corrected chi connectivity index (χ2v) is 3.96. The third-order valence-corrected chi connectivity index (χ3v) is 2.87. The van der Waals surface area contributed by atoms with Crippen molar-refractivity contribution in [2.24, 2.45) is 11.5 Å². The second-order valence-electron chi connectivity index (χ2n) is 3.96. The Bertz CT molecular complexity index is 255. The van der Waals surface area contributed by atoms with Crippen molar-refractivity contribution in [3.63, 3.8) is 0 Å². The van der Waals surface area contributed by atoms with Crippen molar-refractivity contribution in [2.75, 3.05) is 6.54 Å². The molecule has 1 rings (SSSR count). The van der Waals surface area contributed by atoms with Crippen LogP contribution in [0.25, 0.3) is 0 Å². The van der Waals surface area contributed by atoms with Gasteiger partial charge in [-0.15, -0.1) is 0 Å². The molecule has 0 aromatic heterocycles. The predicted octanol–water partition coefficient (Wildman–Crippen LogP) is -0.410. The predicted molar refractivity (Wildman–Crippen MR) is 56.8 cm³/mol. The van der Waals surface area contributed by atoms with Gasteiger partial charge in [-0.1, -0.05) is 6.92 Å². The molecule has 1 unspecified atom stereocenters. The molecule has 4 N–H and O–H groups in total. The van der Waals surface area contributed by atoms with E-state index in [9.17, 15) is 9.59 Å². The maximum Gasteiger partial charge on any atom is 0.240 e. The molecule has 0 radical (unpaired) electrons. The van der Waals surface area contributed by atoms with Crippen molar-refractivity contribution in [1.82, 2.24) is 4.90 Å². The van der Waals surface area contributed by atoms with Gasteiger partial charge in [-0.3, -0.25) is 9.59 Å². The molecule has 2 amide bonds. The van der Waals surface area contributed by atoms with Gasteiger partial charge < -0.3 is 16.4 Å². The fourth-order valence-electron chi connectivity index (χ4n) is 1.88. The second kappa shape index (κ2) is 5.11. The van der Waals surface area contributed by atoms with Crippen LogP contribution < -0.4 is 11.5 Å². The Morgan fingerprint density at radius 1 is 1.47 bits per heavy atom. The fraction of sp³-hybridized carbons (Fsp3) is 0.800. The van der Waals surface area contributed by atoms with Gasteiger partial charge in [0, 0.05) is 6.54 Å². The van der Waals surface area contributed by atoms with E-state index in [4.69, 9.17) is 11.5 Å². The van der Waals surface area contributed by atoms with E-state index in [1.807, 2.05) is 6.92 Å². The third-order valence-electron chi connectivity index (χ3n) is 2.87. The molecule has 1 heterocycles. The highest BCUT2D eigenvalue weighted by Gasteiger charge is 2.32. The van der Waals surface area contributed by atoms with Crippen molar-refractivity contribution < 1.29 is 9.59 Å². The molecule has 15 heavy (non-hydrogen) atoms. The first-order valence-electron chi connectivity index (χ1n) is 5.43. The SMILES string of the molecule is CC[C@H](N)C(=O)N1CCCCC1C(N)=O. The van der Waals surface area contributed by atoms with Crippen molar-refractivity contribution >= 4 is 11.8 Å². The van der Waals surface area contributed by atoms with Crippen LogP contribution in [0.4, 0.5) is 0 Å². The van der Waals surface area contributed by atoms with Gasteiger partial charge in [0.1, 0.15) is 6.04 Å². The highest BCUT2D eigenvalue weighted by atomic mass is 16.2. The molecule has 0 aromatic carbocycles. The molecular formula is C10H19N3O2. The van der Waals surface area contributed by atoms with Crippen LogP contribution in [0.2, 0.25) is 0 Å². The molecule has 1 aliphatic rings. The van der Waals surface area contributed by atoms with Gasteiger partial charge in [-0.25, -0.2) is 0 Å². The summed E-state index contributed by atoms with van der Waals surface area (Å²) in [5.74, 6) is -0.577. The van der Waals surface area contributed by atoms with Crippen LogP contribution >= 0.6 is 0 Å². The zero-order valence-electron chi connectivity index (χ0n) is 9.11. The van der Waals surface area contributed by atoms with Crippen molar-refractivity contribution in [3.8, 4) is 0 Å². The van der Waals surface area contributed by atoms with Gasteiger partial charge in [0.25, 0.3) is 0 Å². The van der Waals surface area contributed by atoms with E-state index in [-0.39, 0.29) is 5.91 Å². The van der Waals surface area contributed by atoms with Crippen LogP contribution in [0.1, 0.15) is 32.6 Å². The first-order chi connectivity index (χ1) is 7.07. The minimum absolute atomic E-state index is 0.152. The average molecular weight is 213 g/mol. The molecule has 1 aliphatic heterocycles. The summed E-state index contributed by atoms with van der Waals surface area (Å²) in [5.41, 5.74) is 10.9. The summed E-state index contributed by atoms with van der Waals surface area (Å²) in [6, 6.07) is -0.964. The van der Waals surface area contributed by atoms with Crippen LogP contribution in [-0.4, -0.2) is 35.3 Å². The lowest BCUT2D eigenvalue weighted by Gasteiger charge is -2.35. The lowest BCUT2D eigenvalue weighted by Crippen LogP contribution is -2.54. The Morgan fingerprint density at radius 3 is 2.67 bits per heavy atom. The molecule has 0 aliphatic carbocycles. The monoisotopic (exact) mass is 213 g/mol. The Kier molecular flexibility index (Phi) is 4.08. The summed E-state index contributed by atoms with van der Waals surface area (Å²) in [5, 5.41) is 0. The number of nitrogens with two attached hydrogens (primary N) is 2. The highest BCUT2D eigenvalue weighted by Crippen LogP contribution is 2.17. The molecule has 0 saturated carbocycles. The van der Waals surface area contributed by atoms with Gasteiger partial charge in [-0.05, 0) is 25.7 Å². The Hall–Kier alpha value is -1.10. The van der Waals surface area contributed by atoms with Crippen LogP contribution in [-0.2, 0) is 9.59 Å². The minimum atomic E-state index is -0.509. The summed E-state index contributed by atoms with van der Waals surface area (Å²) in [6.07, 6.45) is 3.11. The maximum atomic E-state index is 11.8. The van der Waals surface area contributed by atoms with E-state index in [2.05, 4.69) is 0 Å². The number of likely N-dealkylation sites (tertiary alicyclic amines) is 1. The van der Waals surface area contributed by atoms with Gasteiger partial charge in [0.15, 0.2) is 0 Å². The zero-order valence-corrected chi connectivity index (χ0v) is 9.11. The molecule has 0 aromatic rings. The van der Waals surface area contributed by atoms with Crippen LogP contribution in [0.3, 0.4) is 0 Å². The minimum Gasteiger partial charge on any atom is -0.368 e. The molecule has 1 fully saturated rings. The Morgan fingerprint density at radius 2 is 2.13 bits per heavy atom. The van der Waals surface area contributed by atoms with E-state index in [1.54, 1.807) is 4.90 Å². The first-order valence-corrected chi connectivity index (χ1v) is 5.43. The normalized spacial score (nSPS) is 23.6. The van der Waals surface area contributed by atoms with E-state index in [1.165, 1.54) is 0 Å². The lowest BCUT2D eigenvalue weighted by atomic mass is 10.00.